The molecule has 3 aromatic rings. The fourth-order valence-corrected chi connectivity index (χ4v) is 2.10. The maximum atomic E-state index is 9.69. The van der Waals surface area contributed by atoms with Crippen molar-refractivity contribution in [3.8, 4) is 0 Å². The van der Waals surface area contributed by atoms with Gasteiger partial charge >= 0.3 is 6.92 Å². The van der Waals surface area contributed by atoms with E-state index in [0.717, 1.165) is 27.4 Å². The van der Waals surface area contributed by atoms with E-state index in [0.29, 0.717) is 0 Å². The summed E-state index contributed by atoms with van der Waals surface area (Å²) in [5.41, 5.74) is 2.50. The van der Waals surface area contributed by atoms with Gasteiger partial charge in [-0.2, -0.15) is 0 Å². The van der Waals surface area contributed by atoms with Gasteiger partial charge in [-0.15, -0.1) is 0 Å². The Morgan fingerprint density at radius 1 is 1.00 bits per heavy atom. The molecule has 2 nitrogen and oxygen atoms in total. The first-order chi connectivity index (χ1) is 7.77. The van der Waals surface area contributed by atoms with Crippen LogP contribution in [0.3, 0.4) is 0 Å². The normalized spacial score (nSPS) is 11.1. The maximum Gasteiger partial charge on any atom is 0.324 e. The van der Waals surface area contributed by atoms with Crippen molar-refractivity contribution in [3.63, 3.8) is 0 Å². The summed E-state index contributed by atoms with van der Waals surface area (Å²) < 4.78 is 5.78. The second-order valence-electron chi connectivity index (χ2n) is 4.00. The Kier molecular flexibility index (Phi) is 2.01. The van der Waals surface area contributed by atoms with Crippen LogP contribution in [0.25, 0.3) is 21.9 Å². The Labute approximate surface area is 93.6 Å². The van der Waals surface area contributed by atoms with Crippen LogP contribution in [0.15, 0.2) is 46.9 Å². The zero-order valence-corrected chi connectivity index (χ0v) is 8.97. The minimum atomic E-state index is -0.510. The highest BCUT2D eigenvalue weighted by molar-refractivity contribution is 6.67. The van der Waals surface area contributed by atoms with Crippen LogP contribution in [0.5, 0.6) is 0 Å². The molecule has 0 aliphatic rings. The summed E-state index contributed by atoms with van der Waals surface area (Å²) in [6.07, 6.45) is 0. The van der Waals surface area contributed by atoms with Crippen molar-refractivity contribution in [1.82, 2.24) is 0 Å². The molecule has 0 aliphatic carbocycles. The molecule has 0 unspecified atom stereocenters. The summed E-state index contributed by atoms with van der Waals surface area (Å²) in [5, 5.41) is 11.8. The van der Waals surface area contributed by atoms with Gasteiger partial charge in [0, 0.05) is 10.8 Å². The fraction of sp³-hybridized carbons (Fsp3) is 0.0769. The lowest BCUT2D eigenvalue weighted by Crippen LogP contribution is -2.26. The topological polar surface area (TPSA) is 33.4 Å². The van der Waals surface area contributed by atoms with E-state index >= 15 is 0 Å². The summed E-state index contributed by atoms with van der Waals surface area (Å²) in [6, 6.07) is 13.8. The number of hydrogen-bond acceptors (Lipinski definition) is 2. The summed E-state index contributed by atoms with van der Waals surface area (Å²) in [7, 11) is 0. The molecule has 0 atom stereocenters. The van der Waals surface area contributed by atoms with E-state index in [1.807, 2.05) is 42.5 Å². The van der Waals surface area contributed by atoms with Crippen molar-refractivity contribution < 1.29 is 9.44 Å². The third kappa shape index (κ3) is 1.25. The molecule has 1 N–H and O–H groups in total. The molecule has 3 heteroatoms. The predicted molar refractivity (Wildman–Crippen MR) is 67.2 cm³/mol. The van der Waals surface area contributed by atoms with Crippen molar-refractivity contribution in [1.29, 1.82) is 0 Å². The van der Waals surface area contributed by atoms with Crippen LogP contribution < -0.4 is 5.46 Å². The molecule has 0 saturated carbocycles. The third-order valence-electron chi connectivity index (χ3n) is 2.88. The average Bonchev–Trinajstić information content (AvgIpc) is 2.67. The van der Waals surface area contributed by atoms with Crippen molar-refractivity contribution >= 4 is 34.3 Å². The monoisotopic (exact) mass is 210 g/mol. The van der Waals surface area contributed by atoms with Gasteiger partial charge in [-0.3, -0.25) is 0 Å². The Balaban J connectivity index is 2.49. The van der Waals surface area contributed by atoms with Gasteiger partial charge in [0.25, 0.3) is 0 Å². The molecule has 1 heterocycles. The first-order valence-electron chi connectivity index (χ1n) is 5.35. The standard InChI is InChI=1S/C13H11BO2/c1-14(15)11-7-4-6-10-9-5-2-3-8-12(9)16-13(10)11/h2-8,15H,1H3. The lowest BCUT2D eigenvalue weighted by atomic mass is 9.64. The van der Waals surface area contributed by atoms with Crippen LogP contribution in [0, 0.1) is 0 Å². The van der Waals surface area contributed by atoms with Gasteiger partial charge in [0.1, 0.15) is 11.2 Å². The zero-order valence-electron chi connectivity index (χ0n) is 8.97. The Morgan fingerprint density at radius 3 is 2.56 bits per heavy atom. The number of benzene rings is 2. The molecule has 0 saturated heterocycles. The second kappa shape index (κ2) is 3.39. The van der Waals surface area contributed by atoms with Crippen molar-refractivity contribution in [2.24, 2.45) is 0 Å². The van der Waals surface area contributed by atoms with Gasteiger partial charge in [0.15, 0.2) is 0 Å². The van der Waals surface area contributed by atoms with Crippen LogP contribution in [-0.4, -0.2) is 11.9 Å². The minimum absolute atomic E-state index is 0.510. The summed E-state index contributed by atoms with van der Waals surface area (Å²) in [4.78, 5) is 0. The Hall–Kier alpha value is -1.74. The van der Waals surface area contributed by atoms with Crippen LogP contribution in [0.2, 0.25) is 6.82 Å². The molecule has 0 bridgehead atoms. The molecule has 78 valence electrons. The lowest BCUT2D eigenvalue weighted by Gasteiger charge is -2.00. The molecule has 2 aromatic carbocycles. The van der Waals surface area contributed by atoms with Gasteiger partial charge in [0.2, 0.25) is 0 Å². The van der Waals surface area contributed by atoms with Gasteiger partial charge in [-0.1, -0.05) is 43.2 Å². The van der Waals surface area contributed by atoms with Crippen LogP contribution in [0.4, 0.5) is 0 Å². The van der Waals surface area contributed by atoms with E-state index in [2.05, 4.69) is 0 Å². The maximum absolute atomic E-state index is 9.69. The molecule has 3 rings (SSSR count). The highest BCUT2D eigenvalue weighted by Crippen LogP contribution is 2.27. The molecule has 0 fully saturated rings. The number of rotatable bonds is 1. The second-order valence-corrected chi connectivity index (χ2v) is 4.00. The summed E-state index contributed by atoms with van der Waals surface area (Å²) >= 11 is 0. The minimum Gasteiger partial charge on any atom is -0.457 e. The number of furan rings is 1. The van der Waals surface area contributed by atoms with Crippen molar-refractivity contribution in [3.05, 3.63) is 42.5 Å². The van der Waals surface area contributed by atoms with E-state index in [-0.39, 0.29) is 0 Å². The summed E-state index contributed by atoms with van der Waals surface area (Å²) in [5.74, 6) is 0. The van der Waals surface area contributed by atoms with Gasteiger partial charge in [-0.05, 0) is 11.5 Å². The SMILES string of the molecule is CB(O)c1cccc2c1oc1ccccc12. The van der Waals surface area contributed by atoms with Gasteiger partial charge in [0.05, 0.1) is 0 Å². The van der Waals surface area contributed by atoms with E-state index < -0.39 is 6.92 Å². The van der Waals surface area contributed by atoms with Crippen molar-refractivity contribution in [2.75, 3.05) is 0 Å². The van der Waals surface area contributed by atoms with Crippen molar-refractivity contribution in [2.45, 2.75) is 6.82 Å². The van der Waals surface area contributed by atoms with E-state index in [4.69, 9.17) is 4.42 Å². The molecule has 0 spiro atoms. The molecule has 0 radical (unpaired) electrons. The largest absolute Gasteiger partial charge is 0.457 e. The lowest BCUT2D eigenvalue weighted by molar-refractivity contribution is 0.592. The van der Waals surface area contributed by atoms with E-state index in [9.17, 15) is 5.02 Å². The number of para-hydroxylation sites is 2. The smallest absolute Gasteiger partial charge is 0.324 e. The molecular weight excluding hydrogens is 199 g/mol. The zero-order chi connectivity index (χ0) is 11.1. The fourth-order valence-electron chi connectivity index (χ4n) is 2.10. The van der Waals surface area contributed by atoms with E-state index in [1.54, 1.807) is 6.82 Å². The molecular formula is C13H11BO2. The van der Waals surface area contributed by atoms with Crippen LogP contribution >= 0.6 is 0 Å². The first-order valence-corrected chi connectivity index (χ1v) is 5.35. The average molecular weight is 210 g/mol. The number of fused-ring (bicyclic) bond motifs is 3. The summed E-state index contributed by atoms with van der Waals surface area (Å²) in [6.45, 7) is 1.24. The first kappa shape index (κ1) is 9.49. The predicted octanol–water partition coefficient (Wildman–Crippen LogP) is 2.41. The third-order valence-corrected chi connectivity index (χ3v) is 2.88. The molecule has 16 heavy (non-hydrogen) atoms. The van der Waals surface area contributed by atoms with E-state index in [1.165, 1.54) is 0 Å². The highest BCUT2D eigenvalue weighted by Gasteiger charge is 2.15. The van der Waals surface area contributed by atoms with Crippen LogP contribution in [0.1, 0.15) is 0 Å². The molecule has 0 amide bonds. The molecule has 0 aliphatic heterocycles. The molecule has 1 aromatic heterocycles. The Bertz CT molecular complexity index is 655. The quantitative estimate of drug-likeness (QED) is 0.625. The number of hydrogen-bond donors (Lipinski definition) is 1. The van der Waals surface area contributed by atoms with Gasteiger partial charge < -0.3 is 9.44 Å². The Morgan fingerprint density at radius 2 is 1.75 bits per heavy atom. The van der Waals surface area contributed by atoms with Crippen LogP contribution in [-0.2, 0) is 0 Å². The van der Waals surface area contributed by atoms with Gasteiger partial charge in [-0.25, -0.2) is 0 Å². The highest BCUT2D eigenvalue weighted by atomic mass is 16.3.